The van der Waals surface area contributed by atoms with Gasteiger partial charge in [-0.3, -0.25) is 0 Å². The minimum absolute atomic E-state index is 0.300. The number of fused-ring (bicyclic) bond motifs is 1. The lowest BCUT2D eigenvalue weighted by Gasteiger charge is -2.24. The van der Waals surface area contributed by atoms with E-state index in [1.54, 1.807) is 12.3 Å². The number of aromatic nitrogens is 1. The Labute approximate surface area is 123 Å². The van der Waals surface area contributed by atoms with Crippen LogP contribution in [0.1, 0.15) is 12.8 Å². The molecule has 1 aromatic heterocycles. The molecule has 0 saturated carbocycles. The number of hydrogen-bond donors (Lipinski definition) is 2. The van der Waals surface area contributed by atoms with E-state index >= 15 is 0 Å². The highest BCUT2D eigenvalue weighted by Crippen LogP contribution is 2.40. The largest absolute Gasteiger partial charge is 0.398 e. The molecule has 4 rings (SSSR count). The van der Waals surface area contributed by atoms with Crippen molar-refractivity contribution in [2.45, 2.75) is 12.8 Å². The maximum absolute atomic E-state index is 13.7. The predicted molar refractivity (Wildman–Crippen MR) is 82.9 cm³/mol. The van der Waals surface area contributed by atoms with E-state index in [-0.39, 0.29) is 5.82 Å². The fourth-order valence-electron chi connectivity index (χ4n) is 3.77. The summed E-state index contributed by atoms with van der Waals surface area (Å²) < 4.78 is 13.7. The van der Waals surface area contributed by atoms with Crippen LogP contribution in [0.2, 0.25) is 0 Å². The van der Waals surface area contributed by atoms with Gasteiger partial charge < -0.3 is 16.0 Å². The number of rotatable bonds is 1. The van der Waals surface area contributed by atoms with Crippen LogP contribution in [0, 0.1) is 11.2 Å². The fourth-order valence-corrected chi connectivity index (χ4v) is 3.77. The molecule has 0 radical (unpaired) electrons. The Balaban J connectivity index is 1.77. The summed E-state index contributed by atoms with van der Waals surface area (Å²) in [7, 11) is 0. The second-order valence-electron chi connectivity index (χ2n) is 6.32. The van der Waals surface area contributed by atoms with Crippen molar-refractivity contribution in [3.05, 3.63) is 30.2 Å². The molecule has 5 heteroatoms. The van der Waals surface area contributed by atoms with Crippen molar-refractivity contribution in [1.29, 1.82) is 0 Å². The molecule has 1 spiro atoms. The van der Waals surface area contributed by atoms with Gasteiger partial charge in [0.25, 0.3) is 0 Å². The first-order chi connectivity index (χ1) is 10.2. The molecular weight excluding hydrogens is 267 g/mol. The van der Waals surface area contributed by atoms with Crippen molar-refractivity contribution in [2.24, 2.45) is 5.41 Å². The predicted octanol–water partition coefficient (Wildman–Crippen LogP) is 2.15. The SMILES string of the molecule is Nc1cc(F)cc2c(N3CCC4(CCNC4)C3)nccc12. The van der Waals surface area contributed by atoms with Crippen LogP contribution < -0.4 is 16.0 Å². The van der Waals surface area contributed by atoms with Gasteiger partial charge in [0, 0.05) is 47.7 Å². The first-order valence-corrected chi connectivity index (χ1v) is 7.46. The Morgan fingerprint density at radius 1 is 1.29 bits per heavy atom. The fraction of sp³-hybridized carbons (Fsp3) is 0.438. The molecule has 1 atom stereocenters. The summed E-state index contributed by atoms with van der Waals surface area (Å²) in [5.74, 6) is 0.563. The zero-order chi connectivity index (χ0) is 14.4. The van der Waals surface area contributed by atoms with E-state index < -0.39 is 0 Å². The summed E-state index contributed by atoms with van der Waals surface area (Å²) in [6, 6.07) is 4.78. The van der Waals surface area contributed by atoms with Crippen LogP contribution in [-0.4, -0.2) is 31.2 Å². The van der Waals surface area contributed by atoms with Gasteiger partial charge in [0.05, 0.1) is 0 Å². The third kappa shape index (κ3) is 2.03. The number of benzene rings is 1. The lowest BCUT2D eigenvalue weighted by atomic mass is 9.86. The summed E-state index contributed by atoms with van der Waals surface area (Å²) in [5.41, 5.74) is 6.78. The van der Waals surface area contributed by atoms with Gasteiger partial charge >= 0.3 is 0 Å². The first-order valence-electron chi connectivity index (χ1n) is 7.46. The van der Waals surface area contributed by atoms with E-state index in [2.05, 4.69) is 15.2 Å². The second-order valence-corrected chi connectivity index (χ2v) is 6.32. The highest BCUT2D eigenvalue weighted by molar-refractivity contribution is 5.99. The van der Waals surface area contributed by atoms with Crippen molar-refractivity contribution in [2.75, 3.05) is 36.8 Å². The number of nitrogen functional groups attached to an aromatic ring is 1. The molecule has 2 saturated heterocycles. The van der Waals surface area contributed by atoms with E-state index in [9.17, 15) is 4.39 Å². The molecule has 21 heavy (non-hydrogen) atoms. The molecular formula is C16H19FN4. The van der Waals surface area contributed by atoms with E-state index in [1.165, 1.54) is 18.9 Å². The Hall–Kier alpha value is -1.88. The topological polar surface area (TPSA) is 54.2 Å². The van der Waals surface area contributed by atoms with Gasteiger partial charge in [0.2, 0.25) is 0 Å². The van der Waals surface area contributed by atoms with Gasteiger partial charge in [-0.2, -0.15) is 0 Å². The van der Waals surface area contributed by atoms with Gasteiger partial charge in [0.1, 0.15) is 11.6 Å². The van der Waals surface area contributed by atoms with Gasteiger partial charge in [-0.1, -0.05) is 0 Å². The first kappa shape index (κ1) is 12.8. The molecule has 2 aromatic rings. The standard InChI is InChI=1S/C16H19FN4/c17-11-7-13-12(14(18)8-11)1-4-20-15(13)21-6-3-16(10-21)2-5-19-9-16/h1,4,7-8,19H,2-3,5-6,9-10,18H2. The zero-order valence-corrected chi connectivity index (χ0v) is 11.9. The molecule has 110 valence electrons. The summed E-state index contributed by atoms with van der Waals surface area (Å²) in [6.45, 7) is 4.13. The molecule has 2 aliphatic rings. The number of anilines is 2. The number of nitrogens with zero attached hydrogens (tertiary/aromatic N) is 2. The number of halogens is 1. The molecule has 4 nitrogen and oxygen atoms in total. The number of hydrogen-bond acceptors (Lipinski definition) is 4. The average molecular weight is 286 g/mol. The Bertz CT molecular complexity index is 694. The summed E-state index contributed by atoms with van der Waals surface area (Å²) >= 11 is 0. The zero-order valence-electron chi connectivity index (χ0n) is 11.9. The van der Waals surface area contributed by atoms with E-state index in [4.69, 9.17) is 5.73 Å². The summed E-state index contributed by atoms with van der Waals surface area (Å²) in [4.78, 5) is 6.79. The van der Waals surface area contributed by atoms with Crippen LogP contribution in [0.3, 0.4) is 0 Å². The molecule has 2 fully saturated rings. The smallest absolute Gasteiger partial charge is 0.136 e. The highest BCUT2D eigenvalue weighted by atomic mass is 19.1. The summed E-state index contributed by atoms with van der Waals surface area (Å²) in [6.07, 6.45) is 4.15. The average Bonchev–Trinajstić information content (AvgIpc) is 3.09. The van der Waals surface area contributed by atoms with Crippen LogP contribution in [0.15, 0.2) is 24.4 Å². The van der Waals surface area contributed by atoms with E-state index in [0.29, 0.717) is 11.1 Å². The second kappa shape index (κ2) is 4.56. The third-order valence-corrected chi connectivity index (χ3v) is 4.93. The Kier molecular flexibility index (Phi) is 2.79. The van der Waals surface area contributed by atoms with Gasteiger partial charge in [-0.25, -0.2) is 9.37 Å². The normalized spacial score (nSPS) is 25.3. The van der Waals surface area contributed by atoms with E-state index in [1.807, 2.05) is 6.07 Å². The minimum Gasteiger partial charge on any atom is -0.398 e. The molecule has 0 bridgehead atoms. The highest BCUT2D eigenvalue weighted by Gasteiger charge is 2.41. The van der Waals surface area contributed by atoms with Crippen LogP contribution in [0.25, 0.3) is 10.8 Å². The molecule has 3 heterocycles. The minimum atomic E-state index is -0.300. The Morgan fingerprint density at radius 2 is 2.19 bits per heavy atom. The maximum Gasteiger partial charge on any atom is 0.136 e. The van der Waals surface area contributed by atoms with Gasteiger partial charge in [-0.05, 0) is 37.6 Å². The molecule has 2 aliphatic heterocycles. The lowest BCUT2D eigenvalue weighted by Crippen LogP contribution is -2.29. The van der Waals surface area contributed by atoms with Crippen LogP contribution >= 0.6 is 0 Å². The van der Waals surface area contributed by atoms with Crippen molar-refractivity contribution < 1.29 is 4.39 Å². The molecule has 3 N–H and O–H groups in total. The van der Waals surface area contributed by atoms with E-state index in [0.717, 1.165) is 42.8 Å². The van der Waals surface area contributed by atoms with Crippen molar-refractivity contribution in [3.8, 4) is 0 Å². The Morgan fingerprint density at radius 3 is 3.00 bits per heavy atom. The number of nitrogens with two attached hydrogens (primary N) is 1. The van der Waals surface area contributed by atoms with Crippen molar-refractivity contribution in [1.82, 2.24) is 10.3 Å². The van der Waals surface area contributed by atoms with Crippen molar-refractivity contribution >= 4 is 22.3 Å². The van der Waals surface area contributed by atoms with Crippen LogP contribution in [-0.2, 0) is 0 Å². The molecule has 0 amide bonds. The van der Waals surface area contributed by atoms with Gasteiger partial charge in [-0.15, -0.1) is 0 Å². The van der Waals surface area contributed by atoms with Crippen LogP contribution in [0.5, 0.6) is 0 Å². The molecule has 1 aromatic carbocycles. The van der Waals surface area contributed by atoms with Crippen LogP contribution in [0.4, 0.5) is 15.9 Å². The monoisotopic (exact) mass is 286 g/mol. The number of pyridine rings is 1. The molecule has 1 unspecified atom stereocenters. The summed E-state index contributed by atoms with van der Waals surface area (Å²) in [5, 5.41) is 5.15. The van der Waals surface area contributed by atoms with Gasteiger partial charge in [0.15, 0.2) is 0 Å². The van der Waals surface area contributed by atoms with Crippen molar-refractivity contribution in [3.63, 3.8) is 0 Å². The number of nitrogens with one attached hydrogen (secondary N) is 1. The maximum atomic E-state index is 13.7. The third-order valence-electron chi connectivity index (χ3n) is 4.93. The molecule has 0 aliphatic carbocycles. The lowest BCUT2D eigenvalue weighted by molar-refractivity contribution is 0.369. The quantitative estimate of drug-likeness (QED) is 0.789.